The van der Waals surface area contributed by atoms with Gasteiger partial charge in [-0.1, -0.05) is 30.3 Å². The van der Waals surface area contributed by atoms with Crippen LogP contribution in [0.15, 0.2) is 59.2 Å². The lowest BCUT2D eigenvalue weighted by Crippen LogP contribution is -2.13. The van der Waals surface area contributed by atoms with Crippen LogP contribution in [0.1, 0.15) is 16.8 Å². The summed E-state index contributed by atoms with van der Waals surface area (Å²) in [4.78, 5) is 4.38. The van der Waals surface area contributed by atoms with Crippen LogP contribution < -0.4 is 5.32 Å². The normalized spacial score (nSPS) is 10.8. The van der Waals surface area contributed by atoms with Gasteiger partial charge in [-0.2, -0.15) is 0 Å². The monoisotopic (exact) mass is 296 g/mol. The maximum absolute atomic E-state index is 13.2. The molecule has 0 aliphatic heterocycles. The Bertz CT molecular complexity index is 767. The van der Waals surface area contributed by atoms with E-state index in [0.717, 1.165) is 12.2 Å². The average Bonchev–Trinajstić information content (AvgIpc) is 2.98. The van der Waals surface area contributed by atoms with Gasteiger partial charge in [0.25, 0.3) is 0 Å². The van der Waals surface area contributed by atoms with Gasteiger partial charge in [0, 0.05) is 18.7 Å². The predicted octanol–water partition coefficient (Wildman–Crippen LogP) is 4.08. The topological polar surface area (TPSA) is 38.1 Å². The molecular formula is C18H17FN2O. The molecule has 22 heavy (non-hydrogen) atoms. The van der Waals surface area contributed by atoms with Crippen LogP contribution in [0.3, 0.4) is 0 Å². The van der Waals surface area contributed by atoms with Crippen LogP contribution in [-0.4, -0.2) is 4.98 Å². The molecule has 0 unspecified atom stereocenters. The summed E-state index contributed by atoms with van der Waals surface area (Å²) >= 11 is 0. The average molecular weight is 296 g/mol. The molecule has 4 heteroatoms. The van der Waals surface area contributed by atoms with Crippen LogP contribution in [-0.2, 0) is 13.1 Å². The second-order valence-corrected chi connectivity index (χ2v) is 5.18. The van der Waals surface area contributed by atoms with Crippen molar-refractivity contribution in [1.29, 1.82) is 0 Å². The highest BCUT2D eigenvalue weighted by atomic mass is 19.1. The Hall–Kier alpha value is -2.46. The van der Waals surface area contributed by atoms with Gasteiger partial charge in [-0.05, 0) is 36.2 Å². The number of nitrogens with zero attached hydrogens (tertiary/aromatic N) is 1. The molecule has 3 nitrogen and oxygen atoms in total. The Balaban J connectivity index is 1.62. The first-order valence-corrected chi connectivity index (χ1v) is 7.18. The molecule has 1 N–H and O–H groups in total. The maximum Gasteiger partial charge on any atom is 0.226 e. The lowest BCUT2D eigenvalue weighted by atomic mass is 10.1. The lowest BCUT2D eigenvalue weighted by molar-refractivity contribution is 0.568. The summed E-state index contributed by atoms with van der Waals surface area (Å²) in [5.41, 5.74) is 3.96. The van der Waals surface area contributed by atoms with Crippen LogP contribution in [0.4, 0.5) is 4.39 Å². The molecule has 0 fully saturated rings. The van der Waals surface area contributed by atoms with Crippen molar-refractivity contribution in [3.8, 4) is 11.5 Å². The summed E-state index contributed by atoms with van der Waals surface area (Å²) in [6.45, 7) is 3.47. The Kier molecular flexibility index (Phi) is 4.30. The van der Waals surface area contributed by atoms with Crippen molar-refractivity contribution in [3.05, 3.63) is 77.4 Å². The number of hydrogen-bond acceptors (Lipinski definition) is 3. The molecule has 0 atom stereocenters. The zero-order valence-corrected chi connectivity index (χ0v) is 12.3. The van der Waals surface area contributed by atoms with E-state index in [1.165, 1.54) is 23.3 Å². The Morgan fingerprint density at radius 3 is 2.77 bits per heavy atom. The fourth-order valence-corrected chi connectivity index (χ4v) is 2.28. The number of rotatable bonds is 5. The van der Waals surface area contributed by atoms with Crippen molar-refractivity contribution < 1.29 is 8.81 Å². The second-order valence-electron chi connectivity index (χ2n) is 5.18. The Labute approximate surface area is 128 Å². The number of aryl methyl sites for hydroxylation is 1. The quantitative estimate of drug-likeness (QED) is 0.771. The molecule has 0 spiro atoms. The molecule has 0 aliphatic rings. The molecule has 0 saturated carbocycles. The Morgan fingerprint density at radius 1 is 1.09 bits per heavy atom. The Morgan fingerprint density at radius 2 is 1.95 bits per heavy atom. The molecule has 0 bridgehead atoms. The standard InChI is InChI=1S/C18H17FN2O/c1-13-5-2-3-6-15(13)10-20-11-17-12-22-18(21-17)14-7-4-8-16(19)9-14/h2-9,12,20H,10-11H2,1H3. The molecule has 0 saturated heterocycles. The lowest BCUT2D eigenvalue weighted by Gasteiger charge is -2.05. The fourth-order valence-electron chi connectivity index (χ4n) is 2.28. The van der Waals surface area contributed by atoms with E-state index in [-0.39, 0.29) is 5.82 Å². The van der Waals surface area contributed by atoms with Crippen molar-refractivity contribution in [3.63, 3.8) is 0 Å². The molecule has 3 aromatic rings. The third-order valence-corrected chi connectivity index (χ3v) is 3.51. The van der Waals surface area contributed by atoms with Crippen molar-refractivity contribution in [2.45, 2.75) is 20.0 Å². The number of nitrogens with one attached hydrogen (secondary N) is 1. The van der Waals surface area contributed by atoms with Gasteiger partial charge in [-0.25, -0.2) is 9.37 Å². The molecular weight excluding hydrogens is 279 g/mol. The van der Waals surface area contributed by atoms with Crippen LogP contribution >= 0.6 is 0 Å². The minimum Gasteiger partial charge on any atom is -0.444 e. The molecule has 0 amide bonds. The maximum atomic E-state index is 13.2. The van der Waals surface area contributed by atoms with E-state index < -0.39 is 0 Å². The van der Waals surface area contributed by atoms with Gasteiger partial charge < -0.3 is 9.73 Å². The van der Waals surface area contributed by atoms with E-state index in [4.69, 9.17) is 4.42 Å². The molecule has 0 aliphatic carbocycles. The van der Waals surface area contributed by atoms with E-state index in [1.807, 2.05) is 12.1 Å². The van der Waals surface area contributed by atoms with E-state index >= 15 is 0 Å². The third-order valence-electron chi connectivity index (χ3n) is 3.51. The highest BCUT2D eigenvalue weighted by Gasteiger charge is 2.07. The predicted molar refractivity (Wildman–Crippen MR) is 83.6 cm³/mol. The van der Waals surface area contributed by atoms with E-state index in [0.29, 0.717) is 18.0 Å². The van der Waals surface area contributed by atoms with Gasteiger partial charge in [0.05, 0.1) is 5.69 Å². The minimum absolute atomic E-state index is 0.296. The third kappa shape index (κ3) is 3.40. The highest BCUT2D eigenvalue weighted by Crippen LogP contribution is 2.19. The van der Waals surface area contributed by atoms with Crippen LogP contribution in [0, 0.1) is 12.7 Å². The van der Waals surface area contributed by atoms with Crippen LogP contribution in [0.25, 0.3) is 11.5 Å². The number of oxazole rings is 1. The van der Waals surface area contributed by atoms with Crippen molar-refractivity contribution in [2.75, 3.05) is 0 Å². The zero-order chi connectivity index (χ0) is 15.4. The largest absolute Gasteiger partial charge is 0.444 e. The van der Waals surface area contributed by atoms with E-state index in [9.17, 15) is 4.39 Å². The minimum atomic E-state index is -0.296. The number of hydrogen-bond donors (Lipinski definition) is 1. The summed E-state index contributed by atoms with van der Waals surface area (Å²) in [6, 6.07) is 14.5. The van der Waals surface area contributed by atoms with Crippen LogP contribution in [0.2, 0.25) is 0 Å². The number of halogens is 1. The molecule has 2 aromatic carbocycles. The van der Waals surface area contributed by atoms with Gasteiger partial charge >= 0.3 is 0 Å². The van der Waals surface area contributed by atoms with Gasteiger partial charge in [0.15, 0.2) is 0 Å². The zero-order valence-electron chi connectivity index (χ0n) is 12.3. The van der Waals surface area contributed by atoms with E-state index in [2.05, 4.69) is 29.4 Å². The number of aromatic nitrogens is 1. The fraction of sp³-hybridized carbons (Fsp3) is 0.167. The molecule has 1 aromatic heterocycles. The molecule has 1 heterocycles. The molecule has 3 rings (SSSR count). The molecule has 112 valence electrons. The van der Waals surface area contributed by atoms with Gasteiger partial charge in [-0.15, -0.1) is 0 Å². The first kappa shape index (κ1) is 14.5. The summed E-state index contributed by atoms with van der Waals surface area (Å²) in [5.74, 6) is 0.141. The smallest absolute Gasteiger partial charge is 0.226 e. The van der Waals surface area contributed by atoms with E-state index in [1.54, 1.807) is 18.4 Å². The van der Waals surface area contributed by atoms with Crippen molar-refractivity contribution in [2.24, 2.45) is 0 Å². The summed E-state index contributed by atoms with van der Waals surface area (Å²) < 4.78 is 18.6. The highest BCUT2D eigenvalue weighted by molar-refractivity contribution is 5.52. The summed E-state index contributed by atoms with van der Waals surface area (Å²) in [6.07, 6.45) is 1.60. The first-order valence-electron chi connectivity index (χ1n) is 7.18. The van der Waals surface area contributed by atoms with Crippen molar-refractivity contribution in [1.82, 2.24) is 10.3 Å². The molecule has 0 radical (unpaired) electrons. The van der Waals surface area contributed by atoms with Gasteiger partial charge in [0.1, 0.15) is 12.1 Å². The SMILES string of the molecule is Cc1ccccc1CNCc1coc(-c2cccc(F)c2)n1. The van der Waals surface area contributed by atoms with Gasteiger partial charge in [-0.3, -0.25) is 0 Å². The van der Waals surface area contributed by atoms with Crippen LogP contribution in [0.5, 0.6) is 0 Å². The second kappa shape index (κ2) is 6.54. The van der Waals surface area contributed by atoms with Gasteiger partial charge in [0.2, 0.25) is 5.89 Å². The number of benzene rings is 2. The summed E-state index contributed by atoms with van der Waals surface area (Å²) in [5, 5.41) is 3.34. The summed E-state index contributed by atoms with van der Waals surface area (Å²) in [7, 11) is 0. The van der Waals surface area contributed by atoms with Crippen molar-refractivity contribution >= 4 is 0 Å². The first-order chi connectivity index (χ1) is 10.7.